The number of nitrogens with one attached hydrogen (secondary N) is 1. The van der Waals surface area contributed by atoms with Crippen molar-refractivity contribution in [2.75, 3.05) is 31.2 Å². The minimum absolute atomic E-state index is 0.0609. The normalized spacial score (nSPS) is 22.0. The number of amides is 1. The van der Waals surface area contributed by atoms with Gasteiger partial charge in [-0.15, -0.1) is 0 Å². The Morgan fingerprint density at radius 1 is 1.43 bits per heavy atom. The molecule has 0 radical (unpaired) electrons. The number of nitrogens with two attached hydrogens (primary N) is 1. The Hall–Kier alpha value is -1.75. The maximum atomic E-state index is 11.5. The molecule has 21 heavy (non-hydrogen) atoms. The van der Waals surface area contributed by atoms with Gasteiger partial charge in [-0.2, -0.15) is 0 Å². The van der Waals surface area contributed by atoms with Crippen LogP contribution in [0.5, 0.6) is 5.75 Å². The van der Waals surface area contributed by atoms with E-state index in [9.17, 15) is 4.79 Å². The van der Waals surface area contributed by atoms with Crippen LogP contribution in [-0.2, 0) is 11.2 Å². The lowest BCUT2D eigenvalue weighted by Gasteiger charge is -2.21. The van der Waals surface area contributed by atoms with Gasteiger partial charge in [0.25, 0.3) is 0 Å². The first-order valence-corrected chi connectivity index (χ1v) is 7.69. The second kappa shape index (κ2) is 5.93. The van der Waals surface area contributed by atoms with Gasteiger partial charge in [0, 0.05) is 24.2 Å². The number of benzene rings is 1. The van der Waals surface area contributed by atoms with Gasteiger partial charge in [0.1, 0.15) is 5.75 Å². The number of hydrogen-bond acceptors (Lipinski definition) is 4. The van der Waals surface area contributed by atoms with E-state index in [1.165, 1.54) is 19.4 Å². The van der Waals surface area contributed by atoms with Gasteiger partial charge in [0.15, 0.2) is 0 Å². The van der Waals surface area contributed by atoms with E-state index in [2.05, 4.69) is 17.3 Å². The third-order valence-corrected chi connectivity index (χ3v) is 4.51. The zero-order valence-corrected chi connectivity index (χ0v) is 12.5. The van der Waals surface area contributed by atoms with Gasteiger partial charge in [-0.05, 0) is 50.9 Å². The van der Waals surface area contributed by atoms with Crippen molar-refractivity contribution in [3.05, 3.63) is 17.7 Å². The number of nitrogen functional groups attached to an aromatic ring is 1. The monoisotopic (exact) mass is 289 g/mol. The van der Waals surface area contributed by atoms with E-state index < -0.39 is 0 Å². The third kappa shape index (κ3) is 3.13. The summed E-state index contributed by atoms with van der Waals surface area (Å²) < 4.78 is 5.85. The first-order valence-electron chi connectivity index (χ1n) is 7.69. The fraction of sp³-hybridized carbons (Fsp3) is 0.562. The summed E-state index contributed by atoms with van der Waals surface area (Å²) in [4.78, 5) is 13.8. The van der Waals surface area contributed by atoms with Crippen molar-refractivity contribution in [3.8, 4) is 5.75 Å². The molecule has 0 aliphatic carbocycles. The van der Waals surface area contributed by atoms with Crippen molar-refractivity contribution < 1.29 is 9.53 Å². The van der Waals surface area contributed by atoms with E-state index >= 15 is 0 Å². The SMILES string of the molecule is CN1CCCC1CCOc1cc2c(cc1N)CCC(=O)N2. The van der Waals surface area contributed by atoms with Crippen LogP contribution in [0.25, 0.3) is 0 Å². The molecule has 3 N–H and O–H groups in total. The molecule has 1 unspecified atom stereocenters. The van der Waals surface area contributed by atoms with Crippen molar-refractivity contribution in [3.63, 3.8) is 0 Å². The molecule has 2 heterocycles. The molecule has 1 fully saturated rings. The highest BCUT2D eigenvalue weighted by atomic mass is 16.5. The number of fused-ring (bicyclic) bond motifs is 1. The lowest BCUT2D eigenvalue weighted by Crippen LogP contribution is -2.26. The lowest BCUT2D eigenvalue weighted by atomic mass is 10.0. The molecule has 1 aromatic carbocycles. The quantitative estimate of drug-likeness (QED) is 0.832. The number of carbonyl (C=O) groups is 1. The Morgan fingerprint density at radius 2 is 2.29 bits per heavy atom. The minimum atomic E-state index is 0.0609. The Labute approximate surface area is 125 Å². The summed E-state index contributed by atoms with van der Waals surface area (Å²) in [6.07, 6.45) is 4.81. The summed E-state index contributed by atoms with van der Waals surface area (Å²) in [6, 6.07) is 4.40. The van der Waals surface area contributed by atoms with Crippen LogP contribution in [0.1, 0.15) is 31.2 Å². The van der Waals surface area contributed by atoms with Gasteiger partial charge in [-0.1, -0.05) is 0 Å². The van der Waals surface area contributed by atoms with E-state index in [0.29, 0.717) is 30.5 Å². The number of carbonyl (C=O) groups excluding carboxylic acids is 1. The van der Waals surface area contributed by atoms with E-state index in [1.807, 2.05) is 12.1 Å². The average molecular weight is 289 g/mol. The fourth-order valence-electron chi connectivity index (χ4n) is 3.20. The van der Waals surface area contributed by atoms with Crippen LogP contribution < -0.4 is 15.8 Å². The Bertz CT molecular complexity index is 545. The van der Waals surface area contributed by atoms with Crippen LogP contribution in [0.2, 0.25) is 0 Å². The summed E-state index contributed by atoms with van der Waals surface area (Å²) >= 11 is 0. The molecule has 1 amide bonds. The van der Waals surface area contributed by atoms with Crippen LogP contribution in [0.4, 0.5) is 11.4 Å². The summed E-state index contributed by atoms with van der Waals surface area (Å²) in [5.41, 5.74) is 8.64. The standard InChI is InChI=1S/C16H23N3O2/c1-19-7-2-3-12(19)6-8-21-15-10-14-11(9-13(15)17)4-5-16(20)18-14/h9-10,12H,2-8,17H2,1H3,(H,18,20). The zero-order valence-electron chi connectivity index (χ0n) is 12.5. The third-order valence-electron chi connectivity index (χ3n) is 4.51. The number of likely N-dealkylation sites (tertiary alicyclic amines) is 1. The highest BCUT2D eigenvalue weighted by Gasteiger charge is 2.21. The molecule has 114 valence electrons. The first-order chi connectivity index (χ1) is 10.1. The number of hydrogen-bond donors (Lipinski definition) is 2. The Balaban J connectivity index is 1.62. The number of aryl methyl sites for hydroxylation is 1. The molecule has 5 nitrogen and oxygen atoms in total. The topological polar surface area (TPSA) is 67.6 Å². The highest BCUT2D eigenvalue weighted by Crippen LogP contribution is 2.32. The maximum absolute atomic E-state index is 11.5. The number of ether oxygens (including phenoxy) is 1. The highest BCUT2D eigenvalue weighted by molar-refractivity contribution is 5.94. The number of nitrogens with zero attached hydrogens (tertiary/aromatic N) is 1. The van der Waals surface area contributed by atoms with Crippen LogP contribution in [-0.4, -0.2) is 37.0 Å². The molecule has 3 rings (SSSR count). The smallest absolute Gasteiger partial charge is 0.224 e. The van der Waals surface area contributed by atoms with E-state index in [0.717, 1.165) is 24.1 Å². The van der Waals surface area contributed by atoms with Gasteiger partial charge < -0.3 is 20.7 Å². The fourth-order valence-corrected chi connectivity index (χ4v) is 3.20. The zero-order chi connectivity index (χ0) is 14.8. The second-order valence-electron chi connectivity index (χ2n) is 6.01. The molecule has 1 aromatic rings. The summed E-state index contributed by atoms with van der Waals surface area (Å²) in [6.45, 7) is 1.84. The van der Waals surface area contributed by atoms with Crippen LogP contribution in [0.3, 0.4) is 0 Å². The summed E-state index contributed by atoms with van der Waals surface area (Å²) in [5, 5.41) is 2.88. The Kier molecular flexibility index (Phi) is 4.01. The van der Waals surface area contributed by atoms with Crippen LogP contribution in [0.15, 0.2) is 12.1 Å². The van der Waals surface area contributed by atoms with Crippen molar-refractivity contribution in [1.82, 2.24) is 4.90 Å². The van der Waals surface area contributed by atoms with Gasteiger partial charge in [0.05, 0.1) is 12.3 Å². The average Bonchev–Trinajstić information content (AvgIpc) is 2.85. The molecule has 1 atom stereocenters. The molecule has 2 aliphatic heterocycles. The second-order valence-corrected chi connectivity index (χ2v) is 6.01. The molecule has 1 saturated heterocycles. The summed E-state index contributed by atoms with van der Waals surface area (Å²) in [5.74, 6) is 0.738. The number of rotatable bonds is 4. The van der Waals surface area contributed by atoms with Crippen molar-refractivity contribution in [1.29, 1.82) is 0 Å². The van der Waals surface area contributed by atoms with E-state index in [1.54, 1.807) is 0 Å². The first kappa shape index (κ1) is 14.2. The molecule has 5 heteroatoms. The van der Waals surface area contributed by atoms with Crippen LogP contribution in [0, 0.1) is 0 Å². The molecular weight excluding hydrogens is 266 g/mol. The molecular formula is C16H23N3O2. The number of anilines is 2. The molecule has 0 saturated carbocycles. The largest absolute Gasteiger partial charge is 0.491 e. The lowest BCUT2D eigenvalue weighted by molar-refractivity contribution is -0.116. The molecule has 0 bridgehead atoms. The van der Waals surface area contributed by atoms with Gasteiger partial charge >= 0.3 is 0 Å². The van der Waals surface area contributed by atoms with Crippen molar-refractivity contribution in [2.45, 2.75) is 38.1 Å². The predicted molar refractivity (Wildman–Crippen MR) is 83.6 cm³/mol. The van der Waals surface area contributed by atoms with E-state index in [-0.39, 0.29) is 5.91 Å². The Morgan fingerprint density at radius 3 is 3.05 bits per heavy atom. The van der Waals surface area contributed by atoms with Gasteiger partial charge in [-0.25, -0.2) is 0 Å². The van der Waals surface area contributed by atoms with Crippen molar-refractivity contribution in [2.24, 2.45) is 0 Å². The maximum Gasteiger partial charge on any atom is 0.224 e. The van der Waals surface area contributed by atoms with E-state index in [4.69, 9.17) is 10.5 Å². The minimum Gasteiger partial charge on any atom is -0.491 e. The van der Waals surface area contributed by atoms with Gasteiger partial charge in [0.2, 0.25) is 5.91 Å². The molecule has 0 aromatic heterocycles. The summed E-state index contributed by atoms with van der Waals surface area (Å²) in [7, 11) is 2.17. The van der Waals surface area contributed by atoms with Crippen LogP contribution >= 0.6 is 0 Å². The molecule has 0 spiro atoms. The van der Waals surface area contributed by atoms with Crippen molar-refractivity contribution >= 4 is 17.3 Å². The van der Waals surface area contributed by atoms with Gasteiger partial charge in [-0.3, -0.25) is 4.79 Å². The predicted octanol–water partition coefficient (Wildman–Crippen LogP) is 2.02. The molecule has 2 aliphatic rings.